The summed E-state index contributed by atoms with van der Waals surface area (Å²) < 4.78 is 1.64. The van der Waals surface area contributed by atoms with Gasteiger partial charge in [0.15, 0.2) is 0 Å². The molecule has 90 valence electrons. The molecule has 18 heavy (non-hydrogen) atoms. The van der Waals surface area contributed by atoms with Crippen molar-refractivity contribution in [1.82, 2.24) is 9.38 Å². The third kappa shape index (κ3) is 1.95. The van der Waals surface area contributed by atoms with Gasteiger partial charge in [0.25, 0.3) is 5.56 Å². The Balaban J connectivity index is 2.01. The summed E-state index contributed by atoms with van der Waals surface area (Å²) in [7, 11) is 0. The Morgan fingerprint density at radius 3 is 2.78 bits per heavy atom. The van der Waals surface area contributed by atoms with Crippen molar-refractivity contribution >= 4 is 5.65 Å². The fraction of sp³-hybridized carbons (Fsp3) is 0.133. The maximum absolute atomic E-state index is 11.6. The molecule has 3 nitrogen and oxygen atoms in total. The first-order valence-corrected chi connectivity index (χ1v) is 5.97. The Morgan fingerprint density at radius 2 is 2.00 bits per heavy atom. The van der Waals surface area contributed by atoms with Crippen LogP contribution in [-0.4, -0.2) is 9.38 Å². The number of benzene rings is 1. The molecule has 0 amide bonds. The van der Waals surface area contributed by atoms with Crippen molar-refractivity contribution < 1.29 is 0 Å². The van der Waals surface area contributed by atoms with Crippen molar-refractivity contribution in [2.75, 3.05) is 0 Å². The molecular formula is C15H14N2O. The molecule has 1 aromatic carbocycles. The number of hydrogen-bond acceptors (Lipinski definition) is 1. The number of fused-ring (bicyclic) bond motifs is 1. The highest BCUT2D eigenvalue weighted by Crippen LogP contribution is 2.11. The number of pyridine rings is 1. The van der Waals surface area contributed by atoms with Crippen LogP contribution in [0.3, 0.4) is 0 Å². The number of nitrogens with zero attached hydrogens (tertiary/aromatic N) is 1. The van der Waals surface area contributed by atoms with E-state index in [0.717, 1.165) is 17.8 Å². The maximum atomic E-state index is 11.6. The molecule has 0 spiro atoms. The lowest BCUT2D eigenvalue weighted by molar-refractivity contribution is 1.09. The largest absolute Gasteiger partial charge is 0.343 e. The van der Waals surface area contributed by atoms with Crippen LogP contribution in [0.5, 0.6) is 0 Å². The van der Waals surface area contributed by atoms with Gasteiger partial charge in [0, 0.05) is 24.4 Å². The van der Waals surface area contributed by atoms with Crippen molar-refractivity contribution in [3.05, 3.63) is 75.8 Å². The predicted molar refractivity (Wildman–Crippen MR) is 72.0 cm³/mol. The number of rotatable bonds is 2. The first-order valence-electron chi connectivity index (χ1n) is 5.97. The summed E-state index contributed by atoms with van der Waals surface area (Å²) in [6.45, 7) is 2.08. The molecule has 0 saturated heterocycles. The highest BCUT2D eigenvalue weighted by molar-refractivity contribution is 5.40. The van der Waals surface area contributed by atoms with Crippen LogP contribution in [0.25, 0.3) is 5.65 Å². The van der Waals surface area contributed by atoms with Gasteiger partial charge in [-0.3, -0.25) is 9.20 Å². The van der Waals surface area contributed by atoms with Crippen LogP contribution in [0, 0.1) is 6.92 Å². The molecule has 0 unspecified atom stereocenters. The van der Waals surface area contributed by atoms with E-state index < -0.39 is 0 Å². The summed E-state index contributed by atoms with van der Waals surface area (Å²) >= 11 is 0. The number of aromatic nitrogens is 2. The second-order valence-electron chi connectivity index (χ2n) is 4.56. The Morgan fingerprint density at radius 1 is 1.17 bits per heavy atom. The van der Waals surface area contributed by atoms with E-state index in [4.69, 9.17) is 0 Å². The van der Waals surface area contributed by atoms with Crippen molar-refractivity contribution in [3.8, 4) is 0 Å². The highest BCUT2D eigenvalue weighted by atomic mass is 16.1. The second kappa shape index (κ2) is 4.18. The highest BCUT2D eigenvalue weighted by Gasteiger charge is 2.02. The molecule has 0 aliphatic carbocycles. The van der Waals surface area contributed by atoms with Crippen LogP contribution in [0.4, 0.5) is 0 Å². The molecule has 3 aromatic rings. The Hall–Kier alpha value is -2.29. The normalized spacial score (nSPS) is 10.9. The van der Waals surface area contributed by atoms with E-state index in [1.165, 1.54) is 11.1 Å². The van der Waals surface area contributed by atoms with E-state index in [1.54, 1.807) is 16.5 Å². The van der Waals surface area contributed by atoms with Crippen molar-refractivity contribution in [2.24, 2.45) is 0 Å². The SMILES string of the molecule is Cc1cccc(Cc2cn3c(=O)cccc3[nH]2)c1. The zero-order valence-electron chi connectivity index (χ0n) is 10.2. The minimum absolute atomic E-state index is 0.000702. The average Bonchev–Trinajstić information content (AvgIpc) is 2.73. The first-order chi connectivity index (χ1) is 8.72. The third-order valence-electron chi connectivity index (χ3n) is 3.04. The smallest absolute Gasteiger partial charge is 0.256 e. The summed E-state index contributed by atoms with van der Waals surface area (Å²) in [6, 6.07) is 13.6. The Bertz CT molecular complexity index is 752. The predicted octanol–water partition coefficient (Wildman–Crippen LogP) is 2.53. The fourth-order valence-electron chi connectivity index (χ4n) is 2.22. The van der Waals surface area contributed by atoms with Gasteiger partial charge in [-0.2, -0.15) is 0 Å². The van der Waals surface area contributed by atoms with Crippen molar-refractivity contribution in [1.29, 1.82) is 0 Å². The molecule has 0 saturated carbocycles. The number of nitrogens with one attached hydrogen (secondary N) is 1. The van der Waals surface area contributed by atoms with E-state index in [2.05, 4.69) is 36.2 Å². The summed E-state index contributed by atoms with van der Waals surface area (Å²) in [5, 5.41) is 0. The summed E-state index contributed by atoms with van der Waals surface area (Å²) in [4.78, 5) is 14.9. The molecule has 1 N–H and O–H groups in total. The minimum atomic E-state index is -0.000702. The number of hydrogen-bond donors (Lipinski definition) is 1. The lowest BCUT2D eigenvalue weighted by atomic mass is 10.1. The lowest BCUT2D eigenvalue weighted by Gasteiger charge is -1.99. The van der Waals surface area contributed by atoms with Crippen LogP contribution in [0.15, 0.2) is 53.5 Å². The average molecular weight is 238 g/mol. The monoisotopic (exact) mass is 238 g/mol. The van der Waals surface area contributed by atoms with Crippen LogP contribution in [-0.2, 0) is 6.42 Å². The molecule has 3 heteroatoms. The molecular weight excluding hydrogens is 224 g/mol. The Labute approximate surface area is 105 Å². The number of H-pyrrole nitrogens is 1. The molecule has 3 rings (SSSR count). The Kier molecular flexibility index (Phi) is 2.52. The minimum Gasteiger partial charge on any atom is -0.343 e. The maximum Gasteiger partial charge on any atom is 0.256 e. The van der Waals surface area contributed by atoms with Gasteiger partial charge >= 0.3 is 0 Å². The van der Waals surface area contributed by atoms with Crippen LogP contribution in [0.2, 0.25) is 0 Å². The van der Waals surface area contributed by atoms with Crippen molar-refractivity contribution in [3.63, 3.8) is 0 Å². The summed E-state index contributed by atoms with van der Waals surface area (Å²) in [6.07, 6.45) is 2.68. The van der Waals surface area contributed by atoms with Crippen LogP contribution >= 0.6 is 0 Å². The van der Waals surface area contributed by atoms with Gasteiger partial charge in [-0.15, -0.1) is 0 Å². The van der Waals surface area contributed by atoms with Gasteiger partial charge < -0.3 is 4.98 Å². The molecule has 0 aliphatic heterocycles. The number of aryl methyl sites for hydroxylation is 1. The fourth-order valence-corrected chi connectivity index (χ4v) is 2.22. The van der Waals surface area contributed by atoms with Gasteiger partial charge in [0.05, 0.1) is 0 Å². The van der Waals surface area contributed by atoms with E-state index >= 15 is 0 Å². The van der Waals surface area contributed by atoms with E-state index in [9.17, 15) is 4.79 Å². The number of aromatic amines is 1. The molecule has 0 aliphatic rings. The van der Waals surface area contributed by atoms with Gasteiger partial charge in [0.2, 0.25) is 0 Å². The topological polar surface area (TPSA) is 37.3 Å². The van der Waals surface area contributed by atoms with E-state index in [0.29, 0.717) is 0 Å². The zero-order valence-corrected chi connectivity index (χ0v) is 10.2. The van der Waals surface area contributed by atoms with Gasteiger partial charge in [0.1, 0.15) is 5.65 Å². The zero-order chi connectivity index (χ0) is 12.5. The molecule has 0 fully saturated rings. The second-order valence-corrected chi connectivity index (χ2v) is 4.56. The lowest BCUT2D eigenvalue weighted by Crippen LogP contribution is -2.08. The van der Waals surface area contributed by atoms with Crippen LogP contribution < -0.4 is 5.56 Å². The van der Waals surface area contributed by atoms with Gasteiger partial charge in [-0.1, -0.05) is 35.9 Å². The quantitative estimate of drug-likeness (QED) is 0.732. The molecule has 2 heterocycles. The molecule has 0 bridgehead atoms. The molecule has 2 aromatic heterocycles. The van der Waals surface area contributed by atoms with E-state index in [1.807, 2.05) is 12.3 Å². The van der Waals surface area contributed by atoms with Gasteiger partial charge in [-0.25, -0.2) is 0 Å². The van der Waals surface area contributed by atoms with Gasteiger partial charge in [-0.05, 0) is 18.6 Å². The summed E-state index contributed by atoms with van der Waals surface area (Å²) in [5.41, 5.74) is 4.38. The third-order valence-corrected chi connectivity index (χ3v) is 3.04. The van der Waals surface area contributed by atoms with Crippen LogP contribution in [0.1, 0.15) is 16.8 Å². The molecule has 0 radical (unpaired) electrons. The standard InChI is InChI=1S/C15H14N2O/c1-11-4-2-5-12(8-11)9-13-10-17-14(16-13)6-3-7-15(17)18/h2-8,10,16H,9H2,1H3. The summed E-state index contributed by atoms with van der Waals surface area (Å²) in [5.74, 6) is 0. The van der Waals surface area contributed by atoms with E-state index in [-0.39, 0.29) is 5.56 Å². The van der Waals surface area contributed by atoms with Crippen molar-refractivity contribution in [2.45, 2.75) is 13.3 Å². The number of imidazole rings is 1. The first kappa shape index (κ1) is 10.8. The molecule has 0 atom stereocenters.